The lowest BCUT2D eigenvalue weighted by Gasteiger charge is -2.18. The zero-order chi connectivity index (χ0) is 12.3. The predicted molar refractivity (Wildman–Crippen MR) is 61.0 cm³/mol. The molecule has 1 rings (SSSR count). The summed E-state index contributed by atoms with van der Waals surface area (Å²) in [6.45, 7) is 7.32. The van der Waals surface area contributed by atoms with Gasteiger partial charge in [0.05, 0.1) is 11.3 Å². The summed E-state index contributed by atoms with van der Waals surface area (Å²) in [7, 11) is 0. The van der Waals surface area contributed by atoms with Gasteiger partial charge in [0.25, 0.3) is 0 Å². The Balaban J connectivity index is 2.98. The molecule has 0 aromatic carbocycles. The van der Waals surface area contributed by atoms with Crippen LogP contribution in [-0.4, -0.2) is 27.4 Å². The van der Waals surface area contributed by atoms with Gasteiger partial charge in [-0.25, -0.2) is 0 Å². The summed E-state index contributed by atoms with van der Waals surface area (Å²) in [5, 5.41) is 29.4. The van der Waals surface area contributed by atoms with E-state index in [0.29, 0.717) is 17.9 Å². The first-order chi connectivity index (χ1) is 7.35. The Hall–Kier alpha value is -1.67. The SMILES string of the molecule is Cc1nnc(NCC(C)(C)O)c(C#N)c1C. The van der Waals surface area contributed by atoms with E-state index in [1.54, 1.807) is 13.8 Å². The third-order valence-electron chi connectivity index (χ3n) is 2.25. The fourth-order valence-corrected chi connectivity index (χ4v) is 1.17. The average molecular weight is 220 g/mol. The van der Waals surface area contributed by atoms with Crippen molar-refractivity contribution < 1.29 is 5.11 Å². The van der Waals surface area contributed by atoms with Crippen molar-refractivity contribution in [1.29, 1.82) is 5.26 Å². The van der Waals surface area contributed by atoms with E-state index in [0.717, 1.165) is 11.3 Å². The summed E-state index contributed by atoms with van der Waals surface area (Å²) < 4.78 is 0. The van der Waals surface area contributed by atoms with Crippen LogP contribution in [0.5, 0.6) is 0 Å². The highest BCUT2D eigenvalue weighted by molar-refractivity contribution is 5.55. The number of nitrogens with zero attached hydrogens (tertiary/aromatic N) is 3. The van der Waals surface area contributed by atoms with Crippen LogP contribution in [0.2, 0.25) is 0 Å². The van der Waals surface area contributed by atoms with E-state index in [1.807, 2.05) is 13.8 Å². The minimum Gasteiger partial charge on any atom is -0.389 e. The maximum atomic E-state index is 9.57. The maximum absolute atomic E-state index is 9.57. The van der Waals surface area contributed by atoms with Gasteiger partial charge in [-0.2, -0.15) is 10.4 Å². The largest absolute Gasteiger partial charge is 0.389 e. The van der Waals surface area contributed by atoms with Crippen LogP contribution in [-0.2, 0) is 0 Å². The highest BCUT2D eigenvalue weighted by Gasteiger charge is 2.15. The van der Waals surface area contributed by atoms with Gasteiger partial charge in [0.15, 0.2) is 5.82 Å². The third-order valence-corrected chi connectivity index (χ3v) is 2.25. The van der Waals surface area contributed by atoms with Gasteiger partial charge in [-0.1, -0.05) is 0 Å². The quantitative estimate of drug-likeness (QED) is 0.798. The molecule has 1 aromatic rings. The number of aliphatic hydroxyl groups is 1. The molecule has 0 aliphatic rings. The number of nitriles is 1. The van der Waals surface area contributed by atoms with Crippen molar-refractivity contribution in [3.63, 3.8) is 0 Å². The van der Waals surface area contributed by atoms with Gasteiger partial charge in [-0.05, 0) is 33.3 Å². The van der Waals surface area contributed by atoms with Crippen LogP contribution in [0.4, 0.5) is 5.82 Å². The van der Waals surface area contributed by atoms with E-state index in [1.165, 1.54) is 0 Å². The van der Waals surface area contributed by atoms with Crippen LogP contribution >= 0.6 is 0 Å². The summed E-state index contributed by atoms with van der Waals surface area (Å²) in [4.78, 5) is 0. The van der Waals surface area contributed by atoms with Gasteiger partial charge in [0.1, 0.15) is 11.6 Å². The Morgan fingerprint density at radius 1 is 1.38 bits per heavy atom. The molecule has 0 radical (unpaired) electrons. The first-order valence-corrected chi connectivity index (χ1v) is 5.05. The number of rotatable bonds is 3. The highest BCUT2D eigenvalue weighted by Crippen LogP contribution is 2.17. The van der Waals surface area contributed by atoms with Crippen molar-refractivity contribution in [3.8, 4) is 6.07 Å². The topological polar surface area (TPSA) is 81.8 Å². The molecule has 0 bridgehead atoms. The van der Waals surface area contributed by atoms with Crippen molar-refractivity contribution >= 4 is 5.82 Å². The molecular formula is C11H16N4O. The summed E-state index contributed by atoms with van der Waals surface area (Å²) in [6.07, 6.45) is 0. The molecule has 0 spiro atoms. The number of nitrogens with one attached hydrogen (secondary N) is 1. The molecule has 16 heavy (non-hydrogen) atoms. The summed E-state index contributed by atoms with van der Waals surface area (Å²) in [6, 6.07) is 2.09. The van der Waals surface area contributed by atoms with Gasteiger partial charge >= 0.3 is 0 Å². The predicted octanol–water partition coefficient (Wildman–Crippen LogP) is 1.15. The van der Waals surface area contributed by atoms with Crippen LogP contribution in [0.25, 0.3) is 0 Å². The van der Waals surface area contributed by atoms with Crippen molar-refractivity contribution in [1.82, 2.24) is 10.2 Å². The van der Waals surface area contributed by atoms with E-state index < -0.39 is 5.60 Å². The highest BCUT2D eigenvalue weighted by atomic mass is 16.3. The Labute approximate surface area is 95.1 Å². The van der Waals surface area contributed by atoms with E-state index in [9.17, 15) is 5.11 Å². The molecule has 0 unspecified atom stereocenters. The second kappa shape index (κ2) is 4.45. The zero-order valence-electron chi connectivity index (χ0n) is 10.00. The molecule has 5 heteroatoms. The molecule has 0 fully saturated rings. The van der Waals surface area contributed by atoms with Crippen molar-refractivity contribution in [2.75, 3.05) is 11.9 Å². The standard InChI is InChI=1S/C11H16N4O/c1-7-8(2)14-15-10(9(7)5-12)13-6-11(3,4)16/h16H,6H2,1-4H3,(H,13,15). The molecular weight excluding hydrogens is 204 g/mol. The number of hydrogen-bond acceptors (Lipinski definition) is 5. The van der Waals surface area contributed by atoms with Crippen LogP contribution in [0.1, 0.15) is 30.7 Å². The van der Waals surface area contributed by atoms with Crippen LogP contribution in [0, 0.1) is 25.2 Å². The fourth-order valence-electron chi connectivity index (χ4n) is 1.17. The second-order valence-electron chi connectivity index (χ2n) is 4.41. The molecule has 0 saturated carbocycles. The number of hydrogen-bond donors (Lipinski definition) is 2. The zero-order valence-corrected chi connectivity index (χ0v) is 10.00. The third kappa shape index (κ3) is 2.91. The lowest BCUT2D eigenvalue weighted by atomic mass is 10.1. The maximum Gasteiger partial charge on any atom is 0.167 e. The summed E-state index contributed by atoms with van der Waals surface area (Å²) in [5.41, 5.74) is 1.19. The molecule has 0 saturated heterocycles. The van der Waals surface area contributed by atoms with Crippen LogP contribution in [0.3, 0.4) is 0 Å². The first kappa shape index (κ1) is 12.4. The Morgan fingerprint density at radius 3 is 2.50 bits per heavy atom. The molecule has 86 valence electrons. The van der Waals surface area contributed by atoms with Crippen molar-refractivity contribution in [3.05, 3.63) is 16.8 Å². The fraction of sp³-hybridized carbons (Fsp3) is 0.545. The average Bonchev–Trinajstić information content (AvgIpc) is 2.18. The molecule has 0 atom stereocenters. The molecule has 0 aliphatic heterocycles. The molecule has 5 nitrogen and oxygen atoms in total. The van der Waals surface area contributed by atoms with Gasteiger partial charge < -0.3 is 10.4 Å². The van der Waals surface area contributed by atoms with Gasteiger partial charge in [-0.3, -0.25) is 0 Å². The molecule has 0 aliphatic carbocycles. The lowest BCUT2D eigenvalue weighted by molar-refractivity contribution is 0.0944. The van der Waals surface area contributed by atoms with Gasteiger partial charge in [0.2, 0.25) is 0 Å². The van der Waals surface area contributed by atoms with Crippen LogP contribution in [0.15, 0.2) is 0 Å². The molecule has 1 aromatic heterocycles. The molecule has 1 heterocycles. The monoisotopic (exact) mass is 220 g/mol. The second-order valence-corrected chi connectivity index (χ2v) is 4.41. The van der Waals surface area contributed by atoms with Crippen molar-refractivity contribution in [2.24, 2.45) is 0 Å². The van der Waals surface area contributed by atoms with Crippen LogP contribution < -0.4 is 5.32 Å². The van der Waals surface area contributed by atoms with E-state index >= 15 is 0 Å². The number of aromatic nitrogens is 2. The Morgan fingerprint density at radius 2 is 2.00 bits per heavy atom. The smallest absolute Gasteiger partial charge is 0.167 e. The first-order valence-electron chi connectivity index (χ1n) is 5.05. The number of aryl methyl sites for hydroxylation is 1. The number of anilines is 1. The lowest BCUT2D eigenvalue weighted by Crippen LogP contribution is -2.30. The minimum absolute atomic E-state index is 0.318. The van der Waals surface area contributed by atoms with Crippen molar-refractivity contribution in [2.45, 2.75) is 33.3 Å². The Bertz CT molecular complexity index is 429. The molecule has 2 N–H and O–H groups in total. The minimum atomic E-state index is -0.854. The normalized spacial score (nSPS) is 11.0. The van der Waals surface area contributed by atoms with E-state index in [2.05, 4.69) is 21.6 Å². The van der Waals surface area contributed by atoms with Gasteiger partial charge in [-0.15, -0.1) is 5.10 Å². The summed E-state index contributed by atoms with van der Waals surface area (Å²) in [5.74, 6) is 0.424. The van der Waals surface area contributed by atoms with Gasteiger partial charge in [0, 0.05) is 6.54 Å². The summed E-state index contributed by atoms with van der Waals surface area (Å²) >= 11 is 0. The van der Waals surface area contributed by atoms with E-state index in [4.69, 9.17) is 5.26 Å². The Kier molecular flexibility index (Phi) is 3.45. The molecule has 0 amide bonds. The van der Waals surface area contributed by atoms with E-state index in [-0.39, 0.29) is 0 Å².